The van der Waals surface area contributed by atoms with Crippen molar-refractivity contribution in [3.05, 3.63) is 45.0 Å². The van der Waals surface area contributed by atoms with Gasteiger partial charge in [-0.2, -0.15) is 0 Å². The summed E-state index contributed by atoms with van der Waals surface area (Å²) in [6, 6.07) is 2.05. The molecule has 4 rings (SSSR count). The quantitative estimate of drug-likeness (QED) is 0.608. The number of benzene rings is 1. The molecule has 3 heterocycles. The van der Waals surface area contributed by atoms with Crippen LogP contribution in [0.4, 0.5) is 0 Å². The fourth-order valence-electron chi connectivity index (χ4n) is 5.39. The van der Waals surface area contributed by atoms with E-state index in [-0.39, 0.29) is 29.4 Å². The number of piperidine rings is 1. The number of fused-ring (bicyclic) bond motifs is 2. The smallest absolute Gasteiger partial charge is 0.340 e. The summed E-state index contributed by atoms with van der Waals surface area (Å²) in [7, 11) is 0. The Morgan fingerprint density at radius 1 is 1.06 bits per heavy atom. The first-order valence-corrected chi connectivity index (χ1v) is 10.9. The third kappa shape index (κ3) is 4.01. The molecule has 31 heavy (non-hydrogen) atoms. The summed E-state index contributed by atoms with van der Waals surface area (Å²) in [5.74, 6) is -0.148. The van der Waals surface area contributed by atoms with Gasteiger partial charge in [-0.05, 0) is 78.5 Å². The Kier molecular flexibility index (Phi) is 5.04. The second-order valence-electron chi connectivity index (χ2n) is 10.4. The zero-order valence-corrected chi connectivity index (χ0v) is 19.5. The Morgan fingerprint density at radius 3 is 2.35 bits per heavy atom. The minimum absolute atomic E-state index is 0.0103. The highest BCUT2D eigenvalue weighted by molar-refractivity contribution is 6.00. The van der Waals surface area contributed by atoms with E-state index in [1.54, 1.807) is 6.26 Å². The van der Waals surface area contributed by atoms with Gasteiger partial charge < -0.3 is 19.5 Å². The fourth-order valence-corrected chi connectivity index (χ4v) is 5.39. The number of amides is 1. The van der Waals surface area contributed by atoms with Crippen molar-refractivity contribution in [1.82, 2.24) is 10.6 Å². The topological polar surface area (TPSA) is 84.5 Å². The first-order valence-electron chi connectivity index (χ1n) is 10.9. The molecule has 1 fully saturated rings. The van der Waals surface area contributed by atoms with Crippen LogP contribution in [0.3, 0.4) is 0 Å². The van der Waals surface area contributed by atoms with Gasteiger partial charge in [-0.3, -0.25) is 4.79 Å². The van der Waals surface area contributed by atoms with Gasteiger partial charge in [-0.1, -0.05) is 0 Å². The maximum Gasteiger partial charge on any atom is 0.340 e. The third-order valence-corrected chi connectivity index (χ3v) is 6.43. The predicted octanol–water partition coefficient (Wildman–Crippen LogP) is 4.43. The van der Waals surface area contributed by atoms with E-state index in [4.69, 9.17) is 8.83 Å². The number of rotatable bonds is 3. The van der Waals surface area contributed by atoms with Gasteiger partial charge in [-0.25, -0.2) is 4.79 Å². The number of aryl methyl sites for hydroxylation is 3. The van der Waals surface area contributed by atoms with E-state index in [9.17, 15) is 9.59 Å². The van der Waals surface area contributed by atoms with Gasteiger partial charge in [0.25, 0.3) is 0 Å². The minimum Gasteiger partial charge on any atom is -0.464 e. The van der Waals surface area contributed by atoms with Crippen molar-refractivity contribution < 1.29 is 13.6 Å². The summed E-state index contributed by atoms with van der Waals surface area (Å²) in [6.07, 6.45) is 3.39. The molecule has 3 aromatic rings. The Bertz CT molecular complexity index is 1230. The molecule has 0 saturated carbocycles. The molecule has 1 saturated heterocycles. The van der Waals surface area contributed by atoms with Gasteiger partial charge in [0.05, 0.1) is 18.2 Å². The van der Waals surface area contributed by atoms with Crippen LogP contribution in [-0.2, 0) is 11.2 Å². The lowest BCUT2D eigenvalue weighted by Gasteiger charge is -2.46. The second-order valence-corrected chi connectivity index (χ2v) is 10.4. The number of furan rings is 1. The molecule has 6 nitrogen and oxygen atoms in total. The minimum atomic E-state index is -0.461. The lowest BCUT2D eigenvalue weighted by Crippen LogP contribution is -2.62. The Labute approximate surface area is 182 Å². The highest BCUT2D eigenvalue weighted by Gasteiger charge is 2.38. The standard InChI is InChI=1S/C25H32N2O4/c1-13-12-30-21-15(3)22-18(8-17(13)21)14(2)19(23(29)31-22)9-20(28)26-16-10-24(4,5)27-25(6,7)11-16/h8,12,16,27H,9-11H2,1-7H3,(H,26,28). The van der Waals surface area contributed by atoms with Gasteiger partial charge in [0.15, 0.2) is 0 Å². The Balaban J connectivity index is 1.65. The number of carbonyl (C=O) groups is 1. The average molecular weight is 425 g/mol. The summed E-state index contributed by atoms with van der Waals surface area (Å²) < 4.78 is 11.3. The van der Waals surface area contributed by atoms with Crippen LogP contribution in [0, 0.1) is 20.8 Å². The normalized spacial score (nSPS) is 18.5. The van der Waals surface area contributed by atoms with E-state index in [0.717, 1.165) is 45.9 Å². The monoisotopic (exact) mass is 424 g/mol. The summed E-state index contributed by atoms with van der Waals surface area (Å²) in [5.41, 5.74) is 3.69. The SMILES string of the molecule is Cc1coc2c(C)c3oc(=O)c(CC(=O)NC4CC(C)(C)NC(C)(C)C4)c(C)c3cc12. The molecular formula is C25H32N2O4. The lowest BCUT2D eigenvalue weighted by molar-refractivity contribution is -0.121. The summed E-state index contributed by atoms with van der Waals surface area (Å²) in [6.45, 7) is 14.4. The average Bonchev–Trinajstić information content (AvgIpc) is 2.98. The molecule has 0 radical (unpaired) electrons. The molecular weight excluding hydrogens is 392 g/mol. The van der Waals surface area contributed by atoms with Crippen LogP contribution in [0.25, 0.3) is 21.9 Å². The molecule has 0 spiro atoms. The van der Waals surface area contributed by atoms with Crippen molar-refractivity contribution in [2.24, 2.45) is 0 Å². The molecule has 0 atom stereocenters. The lowest BCUT2D eigenvalue weighted by atomic mass is 9.79. The van der Waals surface area contributed by atoms with Crippen LogP contribution in [0.1, 0.15) is 62.8 Å². The molecule has 2 aromatic heterocycles. The molecule has 1 amide bonds. The molecule has 0 bridgehead atoms. The van der Waals surface area contributed by atoms with E-state index < -0.39 is 5.63 Å². The molecule has 166 valence electrons. The van der Waals surface area contributed by atoms with Crippen LogP contribution in [0.5, 0.6) is 0 Å². The maximum atomic E-state index is 12.9. The Hall–Kier alpha value is -2.60. The van der Waals surface area contributed by atoms with Gasteiger partial charge in [0.1, 0.15) is 11.2 Å². The van der Waals surface area contributed by atoms with Crippen molar-refractivity contribution in [3.63, 3.8) is 0 Å². The van der Waals surface area contributed by atoms with Gasteiger partial charge in [-0.15, -0.1) is 0 Å². The fraction of sp³-hybridized carbons (Fsp3) is 0.520. The van der Waals surface area contributed by atoms with Crippen molar-refractivity contribution >= 4 is 27.8 Å². The molecule has 6 heteroatoms. The number of carbonyl (C=O) groups excluding carboxylic acids is 1. The molecule has 0 unspecified atom stereocenters. The summed E-state index contributed by atoms with van der Waals surface area (Å²) >= 11 is 0. The number of hydrogen-bond donors (Lipinski definition) is 2. The van der Waals surface area contributed by atoms with Crippen LogP contribution in [0.15, 0.2) is 26.0 Å². The van der Waals surface area contributed by atoms with Crippen molar-refractivity contribution in [2.75, 3.05) is 0 Å². The van der Waals surface area contributed by atoms with Crippen molar-refractivity contribution in [1.29, 1.82) is 0 Å². The molecule has 0 aliphatic carbocycles. The van der Waals surface area contributed by atoms with E-state index in [1.807, 2.05) is 26.8 Å². The predicted molar refractivity (Wildman–Crippen MR) is 123 cm³/mol. The van der Waals surface area contributed by atoms with E-state index in [2.05, 4.69) is 38.3 Å². The van der Waals surface area contributed by atoms with Crippen molar-refractivity contribution in [3.8, 4) is 0 Å². The Morgan fingerprint density at radius 2 is 1.71 bits per heavy atom. The van der Waals surface area contributed by atoms with Crippen molar-refractivity contribution in [2.45, 2.75) is 84.8 Å². The summed E-state index contributed by atoms with van der Waals surface area (Å²) in [5, 5.41) is 8.62. The van der Waals surface area contributed by atoms with E-state index in [1.165, 1.54) is 0 Å². The van der Waals surface area contributed by atoms with Gasteiger partial charge in [0, 0.05) is 33.5 Å². The first kappa shape index (κ1) is 21.6. The van der Waals surface area contributed by atoms with Gasteiger partial charge in [0.2, 0.25) is 5.91 Å². The van der Waals surface area contributed by atoms with Crippen LogP contribution >= 0.6 is 0 Å². The second kappa shape index (κ2) is 7.23. The number of hydrogen-bond acceptors (Lipinski definition) is 5. The molecule has 1 aromatic carbocycles. The largest absolute Gasteiger partial charge is 0.464 e. The van der Waals surface area contributed by atoms with E-state index in [0.29, 0.717) is 11.1 Å². The third-order valence-electron chi connectivity index (χ3n) is 6.43. The van der Waals surface area contributed by atoms with Crippen LogP contribution in [0.2, 0.25) is 0 Å². The molecule has 2 N–H and O–H groups in total. The first-order chi connectivity index (χ1) is 14.4. The summed E-state index contributed by atoms with van der Waals surface area (Å²) in [4.78, 5) is 25.7. The van der Waals surface area contributed by atoms with Gasteiger partial charge >= 0.3 is 5.63 Å². The van der Waals surface area contributed by atoms with E-state index >= 15 is 0 Å². The van der Waals surface area contributed by atoms with Crippen LogP contribution in [-0.4, -0.2) is 23.0 Å². The highest BCUT2D eigenvalue weighted by Crippen LogP contribution is 2.33. The highest BCUT2D eigenvalue weighted by atomic mass is 16.4. The molecule has 1 aliphatic heterocycles. The van der Waals surface area contributed by atoms with Crippen LogP contribution < -0.4 is 16.3 Å². The zero-order valence-electron chi connectivity index (χ0n) is 19.5. The molecule has 1 aliphatic rings. The zero-order chi connectivity index (χ0) is 22.7. The number of nitrogens with one attached hydrogen (secondary N) is 2. The maximum absolute atomic E-state index is 12.9.